The Hall–Kier alpha value is -2.36. The third-order valence-corrected chi connectivity index (χ3v) is 2.91. The maximum Gasteiger partial charge on any atom is 0.160 e. The van der Waals surface area contributed by atoms with Crippen LogP contribution in [0.15, 0.2) is 36.4 Å². The quantitative estimate of drug-likeness (QED) is 0.830. The molecule has 2 aromatic carbocycles. The van der Waals surface area contributed by atoms with E-state index in [1.807, 2.05) is 18.2 Å². The van der Waals surface area contributed by atoms with E-state index in [0.717, 1.165) is 5.56 Å². The molecule has 19 heavy (non-hydrogen) atoms. The molecule has 0 aliphatic rings. The Kier molecular flexibility index (Phi) is 3.80. The Balaban J connectivity index is 2.30. The van der Waals surface area contributed by atoms with Crippen molar-refractivity contribution in [2.24, 2.45) is 0 Å². The number of ether oxygens (including phenoxy) is 2. The summed E-state index contributed by atoms with van der Waals surface area (Å²) < 4.78 is 10.4. The van der Waals surface area contributed by atoms with E-state index in [0.29, 0.717) is 23.5 Å². The zero-order valence-electron chi connectivity index (χ0n) is 10.9. The fraction of sp³-hybridized carbons (Fsp3) is 0.200. The third kappa shape index (κ3) is 2.91. The molecule has 4 heteroatoms. The SMILES string of the molecule is COc1ccc(Cc2cc(O)ccc2O)cc1OC. The summed E-state index contributed by atoms with van der Waals surface area (Å²) in [6.45, 7) is 0. The van der Waals surface area contributed by atoms with E-state index in [1.165, 1.54) is 12.1 Å². The second-order valence-corrected chi connectivity index (χ2v) is 4.18. The van der Waals surface area contributed by atoms with E-state index in [9.17, 15) is 10.2 Å². The molecule has 0 amide bonds. The molecule has 0 aliphatic heterocycles. The maximum absolute atomic E-state index is 9.76. The second kappa shape index (κ2) is 5.52. The first-order valence-electron chi connectivity index (χ1n) is 5.86. The molecule has 0 aromatic heterocycles. The van der Waals surface area contributed by atoms with Crippen molar-refractivity contribution in [2.75, 3.05) is 14.2 Å². The first-order valence-corrected chi connectivity index (χ1v) is 5.86. The van der Waals surface area contributed by atoms with Crippen LogP contribution in [0.1, 0.15) is 11.1 Å². The molecule has 0 fully saturated rings. The van der Waals surface area contributed by atoms with E-state index in [4.69, 9.17) is 9.47 Å². The normalized spacial score (nSPS) is 10.2. The highest BCUT2D eigenvalue weighted by atomic mass is 16.5. The minimum atomic E-state index is 0.133. The van der Waals surface area contributed by atoms with E-state index in [2.05, 4.69) is 0 Å². The topological polar surface area (TPSA) is 58.9 Å². The first kappa shape index (κ1) is 13.1. The second-order valence-electron chi connectivity index (χ2n) is 4.18. The molecule has 0 unspecified atom stereocenters. The summed E-state index contributed by atoms with van der Waals surface area (Å²) in [5.74, 6) is 1.59. The predicted molar refractivity (Wildman–Crippen MR) is 72.1 cm³/mol. The van der Waals surface area contributed by atoms with Gasteiger partial charge < -0.3 is 19.7 Å². The van der Waals surface area contributed by atoms with Crippen LogP contribution in [0, 0.1) is 0 Å². The highest BCUT2D eigenvalue weighted by Crippen LogP contribution is 2.30. The van der Waals surface area contributed by atoms with Crippen LogP contribution in [0.5, 0.6) is 23.0 Å². The summed E-state index contributed by atoms with van der Waals surface area (Å²) in [5, 5.41) is 19.2. The lowest BCUT2D eigenvalue weighted by atomic mass is 10.0. The highest BCUT2D eigenvalue weighted by molar-refractivity contribution is 5.46. The molecule has 2 rings (SSSR count). The molecule has 100 valence electrons. The number of phenols is 2. The molecule has 2 N–H and O–H groups in total. The van der Waals surface area contributed by atoms with Crippen molar-refractivity contribution in [3.8, 4) is 23.0 Å². The number of phenolic OH excluding ortho intramolecular Hbond substituents is 2. The van der Waals surface area contributed by atoms with Gasteiger partial charge in [0.2, 0.25) is 0 Å². The molecule has 0 radical (unpaired) electrons. The highest BCUT2D eigenvalue weighted by Gasteiger charge is 2.08. The van der Waals surface area contributed by atoms with Gasteiger partial charge in [-0.1, -0.05) is 6.07 Å². The van der Waals surface area contributed by atoms with Crippen LogP contribution in [0.3, 0.4) is 0 Å². The average molecular weight is 260 g/mol. The number of rotatable bonds is 4. The van der Waals surface area contributed by atoms with Gasteiger partial charge >= 0.3 is 0 Å². The average Bonchev–Trinajstić information content (AvgIpc) is 2.42. The minimum absolute atomic E-state index is 0.133. The molecule has 0 aliphatic carbocycles. The zero-order valence-corrected chi connectivity index (χ0v) is 10.9. The maximum atomic E-state index is 9.76. The van der Waals surface area contributed by atoms with Gasteiger partial charge in [0.1, 0.15) is 11.5 Å². The van der Waals surface area contributed by atoms with Gasteiger partial charge in [-0.2, -0.15) is 0 Å². The summed E-state index contributed by atoms with van der Waals surface area (Å²) in [5.41, 5.74) is 1.62. The smallest absolute Gasteiger partial charge is 0.160 e. The molecular formula is C15H16O4. The molecule has 0 saturated heterocycles. The van der Waals surface area contributed by atoms with Crippen molar-refractivity contribution in [1.29, 1.82) is 0 Å². The lowest BCUT2D eigenvalue weighted by molar-refractivity contribution is 0.354. The Morgan fingerprint density at radius 1 is 0.895 bits per heavy atom. The van der Waals surface area contributed by atoms with Crippen LogP contribution in [0.25, 0.3) is 0 Å². The van der Waals surface area contributed by atoms with Gasteiger partial charge in [-0.3, -0.25) is 0 Å². The summed E-state index contributed by atoms with van der Waals surface area (Å²) in [6.07, 6.45) is 0.501. The van der Waals surface area contributed by atoms with Crippen molar-refractivity contribution < 1.29 is 19.7 Å². The van der Waals surface area contributed by atoms with E-state index in [-0.39, 0.29) is 11.5 Å². The van der Waals surface area contributed by atoms with Crippen LogP contribution >= 0.6 is 0 Å². The van der Waals surface area contributed by atoms with Crippen molar-refractivity contribution >= 4 is 0 Å². The summed E-state index contributed by atoms with van der Waals surface area (Å²) >= 11 is 0. The summed E-state index contributed by atoms with van der Waals surface area (Å²) in [4.78, 5) is 0. The minimum Gasteiger partial charge on any atom is -0.508 e. The Labute approximate surface area is 111 Å². The molecule has 0 heterocycles. The van der Waals surface area contributed by atoms with Gasteiger partial charge in [0, 0.05) is 12.0 Å². The largest absolute Gasteiger partial charge is 0.508 e. The van der Waals surface area contributed by atoms with Crippen LogP contribution < -0.4 is 9.47 Å². The summed E-state index contributed by atoms with van der Waals surface area (Å²) in [6, 6.07) is 10.0. The van der Waals surface area contributed by atoms with Crippen molar-refractivity contribution in [3.63, 3.8) is 0 Å². The summed E-state index contributed by atoms with van der Waals surface area (Å²) in [7, 11) is 3.16. The Morgan fingerprint density at radius 2 is 1.63 bits per heavy atom. The number of hydrogen-bond donors (Lipinski definition) is 2. The monoisotopic (exact) mass is 260 g/mol. The third-order valence-electron chi connectivity index (χ3n) is 2.91. The van der Waals surface area contributed by atoms with Crippen molar-refractivity contribution in [3.05, 3.63) is 47.5 Å². The van der Waals surface area contributed by atoms with Crippen molar-refractivity contribution in [1.82, 2.24) is 0 Å². The van der Waals surface area contributed by atoms with Crippen molar-refractivity contribution in [2.45, 2.75) is 6.42 Å². The van der Waals surface area contributed by atoms with Gasteiger partial charge in [-0.15, -0.1) is 0 Å². The van der Waals surface area contributed by atoms with Crippen LogP contribution in [-0.2, 0) is 6.42 Å². The van der Waals surface area contributed by atoms with E-state index < -0.39 is 0 Å². The molecule has 2 aromatic rings. The molecule has 0 saturated carbocycles. The molecule has 0 atom stereocenters. The van der Waals surface area contributed by atoms with Gasteiger partial charge in [-0.25, -0.2) is 0 Å². The number of aromatic hydroxyl groups is 2. The number of hydrogen-bond acceptors (Lipinski definition) is 4. The first-order chi connectivity index (χ1) is 9.13. The molecular weight excluding hydrogens is 244 g/mol. The van der Waals surface area contributed by atoms with Crippen LogP contribution in [0.4, 0.5) is 0 Å². The number of methoxy groups -OCH3 is 2. The van der Waals surface area contributed by atoms with Gasteiger partial charge in [0.05, 0.1) is 14.2 Å². The molecule has 0 spiro atoms. The standard InChI is InChI=1S/C15H16O4/c1-18-14-6-3-10(8-15(14)19-2)7-11-9-12(16)4-5-13(11)17/h3-6,8-9,16-17H,7H2,1-2H3. The predicted octanol–water partition coefficient (Wildman–Crippen LogP) is 2.71. The van der Waals surface area contributed by atoms with E-state index in [1.54, 1.807) is 20.3 Å². The Morgan fingerprint density at radius 3 is 2.32 bits per heavy atom. The van der Waals surface area contributed by atoms with Gasteiger partial charge in [0.25, 0.3) is 0 Å². The fourth-order valence-corrected chi connectivity index (χ4v) is 1.92. The van der Waals surface area contributed by atoms with E-state index >= 15 is 0 Å². The fourth-order valence-electron chi connectivity index (χ4n) is 1.92. The van der Waals surface area contributed by atoms with Crippen LogP contribution in [-0.4, -0.2) is 24.4 Å². The van der Waals surface area contributed by atoms with Gasteiger partial charge in [0.15, 0.2) is 11.5 Å². The lowest BCUT2D eigenvalue weighted by Crippen LogP contribution is -1.94. The zero-order chi connectivity index (χ0) is 13.8. The lowest BCUT2D eigenvalue weighted by Gasteiger charge is -2.10. The van der Waals surface area contributed by atoms with Gasteiger partial charge in [-0.05, 0) is 35.9 Å². The number of benzene rings is 2. The van der Waals surface area contributed by atoms with Crippen LogP contribution in [0.2, 0.25) is 0 Å². The Bertz CT molecular complexity index is 578. The molecule has 0 bridgehead atoms. The molecule has 4 nitrogen and oxygen atoms in total.